The van der Waals surface area contributed by atoms with Crippen molar-refractivity contribution in [3.63, 3.8) is 0 Å². The van der Waals surface area contributed by atoms with Gasteiger partial charge in [-0.3, -0.25) is 9.59 Å². The van der Waals surface area contributed by atoms with Gasteiger partial charge in [-0.2, -0.15) is 0 Å². The van der Waals surface area contributed by atoms with Crippen LogP contribution >= 0.6 is 0 Å². The lowest BCUT2D eigenvalue weighted by Gasteiger charge is -2.42. The van der Waals surface area contributed by atoms with Gasteiger partial charge in [-0.25, -0.2) is 4.79 Å². The molecular weight excluding hydrogens is 442 g/mol. The molecule has 2 atom stereocenters. The number of rotatable bonds is 6. The molecule has 0 saturated heterocycles. The number of nitrogens with zero attached hydrogens (tertiary/aromatic N) is 1. The fourth-order valence-electron chi connectivity index (χ4n) is 3.77. The van der Waals surface area contributed by atoms with Crippen LogP contribution in [0.3, 0.4) is 0 Å². The Labute approximate surface area is 209 Å². The number of alkyl carbamates (subject to hydrolysis) is 1. The topological polar surface area (TPSA) is 87.7 Å². The molecular formula is C28H39N3O4. The molecule has 0 aliphatic carbocycles. The van der Waals surface area contributed by atoms with E-state index < -0.39 is 35.2 Å². The van der Waals surface area contributed by atoms with E-state index in [2.05, 4.69) is 10.6 Å². The molecule has 2 aromatic rings. The number of aryl methyl sites for hydroxylation is 2. The van der Waals surface area contributed by atoms with Gasteiger partial charge in [0, 0.05) is 11.2 Å². The Morgan fingerprint density at radius 3 is 2.09 bits per heavy atom. The highest BCUT2D eigenvalue weighted by atomic mass is 16.6. The van der Waals surface area contributed by atoms with Crippen molar-refractivity contribution in [3.05, 3.63) is 65.2 Å². The van der Waals surface area contributed by atoms with Crippen LogP contribution in [-0.2, 0) is 14.3 Å². The molecule has 2 unspecified atom stereocenters. The summed E-state index contributed by atoms with van der Waals surface area (Å²) in [4.78, 5) is 41.5. The summed E-state index contributed by atoms with van der Waals surface area (Å²) in [6.07, 6.45) is -0.691. The summed E-state index contributed by atoms with van der Waals surface area (Å²) in [5, 5.41) is 5.62. The predicted molar refractivity (Wildman–Crippen MR) is 139 cm³/mol. The maximum absolute atomic E-state index is 13.8. The van der Waals surface area contributed by atoms with Gasteiger partial charge in [0.2, 0.25) is 5.91 Å². The highest BCUT2D eigenvalue weighted by Gasteiger charge is 2.41. The van der Waals surface area contributed by atoms with Crippen LogP contribution < -0.4 is 10.6 Å². The summed E-state index contributed by atoms with van der Waals surface area (Å²) in [5.41, 5.74) is 1.81. The third-order valence-corrected chi connectivity index (χ3v) is 5.33. The van der Waals surface area contributed by atoms with Crippen molar-refractivity contribution in [2.24, 2.45) is 0 Å². The minimum absolute atomic E-state index is 0.336. The number of hydrogen-bond donors (Lipinski definition) is 2. The summed E-state index contributed by atoms with van der Waals surface area (Å²) >= 11 is 0. The van der Waals surface area contributed by atoms with Gasteiger partial charge < -0.3 is 20.3 Å². The summed E-state index contributed by atoms with van der Waals surface area (Å²) in [7, 11) is 0. The van der Waals surface area contributed by atoms with Gasteiger partial charge in [0.1, 0.15) is 17.7 Å². The van der Waals surface area contributed by atoms with Gasteiger partial charge in [0.15, 0.2) is 0 Å². The first-order valence-corrected chi connectivity index (χ1v) is 11.9. The van der Waals surface area contributed by atoms with Crippen LogP contribution in [0.25, 0.3) is 0 Å². The van der Waals surface area contributed by atoms with E-state index in [9.17, 15) is 14.4 Å². The van der Waals surface area contributed by atoms with Gasteiger partial charge in [-0.15, -0.1) is 0 Å². The lowest BCUT2D eigenvalue weighted by atomic mass is 9.94. The Bertz CT molecular complexity index is 1070. The summed E-state index contributed by atoms with van der Waals surface area (Å²) in [6, 6.07) is 13.2. The maximum atomic E-state index is 13.8. The summed E-state index contributed by atoms with van der Waals surface area (Å²) < 4.78 is 5.32. The van der Waals surface area contributed by atoms with Crippen molar-refractivity contribution in [1.29, 1.82) is 0 Å². The molecule has 35 heavy (non-hydrogen) atoms. The lowest BCUT2D eigenvalue weighted by molar-refractivity contribution is -0.146. The second-order valence-corrected chi connectivity index (χ2v) is 10.9. The van der Waals surface area contributed by atoms with E-state index in [1.54, 1.807) is 27.7 Å². The van der Waals surface area contributed by atoms with E-state index in [0.29, 0.717) is 11.3 Å². The van der Waals surface area contributed by atoms with Crippen LogP contribution in [0.4, 0.5) is 10.5 Å². The van der Waals surface area contributed by atoms with Gasteiger partial charge >= 0.3 is 6.09 Å². The number of hydrogen-bond acceptors (Lipinski definition) is 4. The van der Waals surface area contributed by atoms with Crippen LogP contribution in [0, 0.1) is 13.8 Å². The Morgan fingerprint density at radius 1 is 0.914 bits per heavy atom. The SMILES string of the molecule is Cc1cccc(C(C(=O)Nc2ccccc2C)N(C(=O)C(C)NC(=O)OC(C)(C)C)C(C)(C)C)c1. The molecule has 3 amide bonds. The standard InChI is InChI=1S/C28H39N3O4/c1-18-13-12-15-21(17-18)23(24(32)30-22-16-11-10-14-19(22)2)31(27(4,5)6)25(33)20(3)29-26(34)35-28(7,8)9/h10-17,20,23H,1-9H3,(H,29,34)(H,30,32). The van der Waals surface area contributed by atoms with Gasteiger partial charge in [0.25, 0.3) is 5.91 Å². The first-order chi connectivity index (χ1) is 16.1. The van der Waals surface area contributed by atoms with E-state index in [-0.39, 0.29) is 5.91 Å². The number of ether oxygens (including phenoxy) is 1. The first-order valence-electron chi connectivity index (χ1n) is 11.9. The molecule has 0 aliphatic heterocycles. The fourth-order valence-corrected chi connectivity index (χ4v) is 3.77. The van der Waals surface area contributed by atoms with Crippen molar-refractivity contribution >= 4 is 23.6 Å². The molecule has 7 nitrogen and oxygen atoms in total. The molecule has 190 valence electrons. The fraction of sp³-hybridized carbons (Fsp3) is 0.464. The molecule has 0 saturated carbocycles. The Hall–Kier alpha value is -3.35. The smallest absolute Gasteiger partial charge is 0.408 e. The van der Waals surface area contributed by atoms with Crippen molar-refractivity contribution in [2.45, 2.75) is 85.5 Å². The number of benzene rings is 2. The number of amides is 3. The molecule has 2 N–H and O–H groups in total. The highest BCUT2D eigenvalue weighted by Crippen LogP contribution is 2.31. The molecule has 0 heterocycles. The average Bonchev–Trinajstić information content (AvgIpc) is 2.70. The lowest BCUT2D eigenvalue weighted by Crippen LogP contribution is -2.57. The zero-order chi connectivity index (χ0) is 26.6. The van der Waals surface area contributed by atoms with Crippen LogP contribution in [0.2, 0.25) is 0 Å². The van der Waals surface area contributed by atoms with E-state index in [1.807, 2.05) is 83.1 Å². The van der Waals surface area contributed by atoms with E-state index >= 15 is 0 Å². The summed E-state index contributed by atoms with van der Waals surface area (Å²) in [6.45, 7) is 16.3. The molecule has 0 aromatic heterocycles. The van der Waals surface area contributed by atoms with Crippen LogP contribution in [0.1, 0.15) is 71.2 Å². The highest BCUT2D eigenvalue weighted by molar-refractivity contribution is 5.99. The van der Waals surface area contributed by atoms with E-state index in [4.69, 9.17) is 4.74 Å². The number of carbonyl (C=O) groups is 3. The second kappa shape index (κ2) is 10.9. The number of nitrogens with one attached hydrogen (secondary N) is 2. The third-order valence-electron chi connectivity index (χ3n) is 5.33. The normalized spacial score (nSPS) is 13.4. The van der Waals surface area contributed by atoms with Crippen molar-refractivity contribution in [3.8, 4) is 0 Å². The zero-order valence-electron chi connectivity index (χ0n) is 22.4. The quantitative estimate of drug-likeness (QED) is 0.568. The van der Waals surface area contributed by atoms with Gasteiger partial charge in [-0.1, -0.05) is 48.0 Å². The zero-order valence-corrected chi connectivity index (χ0v) is 22.4. The largest absolute Gasteiger partial charge is 0.444 e. The molecule has 0 fully saturated rings. The molecule has 2 rings (SSSR count). The number of anilines is 1. The van der Waals surface area contributed by atoms with Gasteiger partial charge in [-0.05, 0) is 79.5 Å². The van der Waals surface area contributed by atoms with Crippen molar-refractivity contribution < 1.29 is 19.1 Å². The van der Waals surface area contributed by atoms with Crippen LogP contribution in [0.15, 0.2) is 48.5 Å². The van der Waals surface area contributed by atoms with E-state index in [0.717, 1.165) is 11.1 Å². The average molecular weight is 482 g/mol. The molecule has 2 aromatic carbocycles. The Kier molecular flexibility index (Phi) is 8.71. The molecule has 0 bridgehead atoms. The van der Waals surface area contributed by atoms with Crippen molar-refractivity contribution in [1.82, 2.24) is 10.2 Å². The maximum Gasteiger partial charge on any atom is 0.408 e. The number of para-hydroxylation sites is 1. The predicted octanol–water partition coefficient (Wildman–Crippen LogP) is 5.52. The minimum Gasteiger partial charge on any atom is -0.444 e. The van der Waals surface area contributed by atoms with Gasteiger partial charge in [0.05, 0.1) is 0 Å². The molecule has 7 heteroatoms. The Balaban J connectivity index is 2.49. The molecule has 0 radical (unpaired) electrons. The van der Waals surface area contributed by atoms with Crippen LogP contribution in [-0.4, -0.2) is 40.0 Å². The minimum atomic E-state index is -0.926. The molecule has 0 aliphatic rings. The molecule has 0 spiro atoms. The number of carbonyl (C=O) groups excluding carboxylic acids is 3. The first kappa shape index (κ1) is 27.9. The van der Waals surface area contributed by atoms with Crippen LogP contribution in [0.5, 0.6) is 0 Å². The van der Waals surface area contributed by atoms with Crippen molar-refractivity contribution in [2.75, 3.05) is 5.32 Å². The summed E-state index contributed by atoms with van der Waals surface area (Å²) in [5.74, 6) is -0.729. The monoisotopic (exact) mass is 481 g/mol. The third kappa shape index (κ3) is 7.84. The Morgan fingerprint density at radius 2 is 1.54 bits per heavy atom. The van der Waals surface area contributed by atoms with E-state index in [1.165, 1.54) is 4.90 Å². The second-order valence-electron chi connectivity index (χ2n) is 10.9.